The van der Waals surface area contributed by atoms with Crippen LogP contribution in [0.4, 0.5) is 0 Å². The Morgan fingerprint density at radius 1 is 1.50 bits per heavy atom. The van der Waals surface area contributed by atoms with E-state index in [9.17, 15) is 0 Å². The number of nitrogens with one attached hydrogen (secondary N) is 1. The summed E-state index contributed by atoms with van der Waals surface area (Å²) >= 11 is 0. The first-order valence-corrected chi connectivity index (χ1v) is 2.86. The molecule has 52 valence electrons. The topological polar surface area (TPSA) is 38.0 Å². The quantitative estimate of drug-likeness (QED) is 0.644. The molecule has 3 N–H and O–H groups in total. The standard InChI is InChI=1S/C5H12N2.Pt/c6-5-2-1-3-7-4-5;/h5,7H,1-4,6H2;. The van der Waals surface area contributed by atoms with Crippen LogP contribution < -0.4 is 11.1 Å². The van der Waals surface area contributed by atoms with E-state index in [-0.39, 0.29) is 21.1 Å². The van der Waals surface area contributed by atoms with Crippen molar-refractivity contribution in [3.63, 3.8) is 0 Å². The molecule has 0 aromatic carbocycles. The number of piperidine rings is 1. The maximum Gasteiger partial charge on any atom is 0.0165 e. The van der Waals surface area contributed by atoms with Crippen molar-refractivity contribution >= 4 is 0 Å². The van der Waals surface area contributed by atoms with Gasteiger partial charge >= 0.3 is 0 Å². The molecule has 1 atom stereocenters. The Balaban J connectivity index is 0.000000490. The van der Waals surface area contributed by atoms with Crippen LogP contribution >= 0.6 is 0 Å². The summed E-state index contributed by atoms with van der Waals surface area (Å²) in [5.41, 5.74) is 5.57. The van der Waals surface area contributed by atoms with Crippen molar-refractivity contribution in [1.29, 1.82) is 0 Å². The molecule has 1 fully saturated rings. The SMILES string of the molecule is NC1CCCNC1.[Pt]. The molecule has 2 nitrogen and oxygen atoms in total. The second kappa shape index (κ2) is 4.48. The molecule has 1 aliphatic heterocycles. The summed E-state index contributed by atoms with van der Waals surface area (Å²) in [5, 5.41) is 3.21. The molecule has 0 aromatic rings. The van der Waals surface area contributed by atoms with Crippen molar-refractivity contribution in [3.05, 3.63) is 0 Å². The van der Waals surface area contributed by atoms with E-state index in [0.717, 1.165) is 13.1 Å². The summed E-state index contributed by atoms with van der Waals surface area (Å²) < 4.78 is 0. The minimum atomic E-state index is 0. The van der Waals surface area contributed by atoms with Gasteiger partial charge in [-0.1, -0.05) is 0 Å². The third kappa shape index (κ3) is 2.80. The van der Waals surface area contributed by atoms with Crippen LogP contribution in [0.5, 0.6) is 0 Å². The zero-order valence-electron chi connectivity index (χ0n) is 4.80. The molecule has 1 saturated heterocycles. The molecule has 1 rings (SSSR count). The minimum absolute atomic E-state index is 0. The van der Waals surface area contributed by atoms with E-state index in [4.69, 9.17) is 5.73 Å². The number of hydrogen-bond donors (Lipinski definition) is 2. The molecule has 0 amide bonds. The summed E-state index contributed by atoms with van der Waals surface area (Å²) in [6.45, 7) is 2.17. The van der Waals surface area contributed by atoms with E-state index in [1.165, 1.54) is 12.8 Å². The van der Waals surface area contributed by atoms with Gasteiger partial charge in [0, 0.05) is 33.7 Å². The van der Waals surface area contributed by atoms with Crippen molar-refractivity contribution in [2.45, 2.75) is 18.9 Å². The fourth-order valence-electron chi connectivity index (χ4n) is 0.879. The summed E-state index contributed by atoms with van der Waals surface area (Å²) in [5.74, 6) is 0. The molecular formula is C5H12N2Pt. The van der Waals surface area contributed by atoms with E-state index in [1.54, 1.807) is 0 Å². The van der Waals surface area contributed by atoms with Crippen LogP contribution in [-0.2, 0) is 21.1 Å². The van der Waals surface area contributed by atoms with E-state index < -0.39 is 0 Å². The maximum atomic E-state index is 5.57. The molecule has 8 heavy (non-hydrogen) atoms. The van der Waals surface area contributed by atoms with Gasteiger partial charge in [0.2, 0.25) is 0 Å². The smallest absolute Gasteiger partial charge is 0.0165 e. The van der Waals surface area contributed by atoms with Gasteiger partial charge in [-0.2, -0.15) is 0 Å². The van der Waals surface area contributed by atoms with Gasteiger partial charge in [-0.3, -0.25) is 0 Å². The number of nitrogens with two attached hydrogens (primary N) is 1. The van der Waals surface area contributed by atoms with Crippen LogP contribution in [0.25, 0.3) is 0 Å². The summed E-state index contributed by atoms with van der Waals surface area (Å²) in [7, 11) is 0. The van der Waals surface area contributed by atoms with E-state index in [2.05, 4.69) is 5.32 Å². The van der Waals surface area contributed by atoms with E-state index >= 15 is 0 Å². The molecule has 0 aromatic heterocycles. The van der Waals surface area contributed by atoms with Crippen LogP contribution in [0.3, 0.4) is 0 Å². The number of rotatable bonds is 0. The largest absolute Gasteiger partial charge is 0.327 e. The third-order valence-electron chi connectivity index (χ3n) is 1.33. The zero-order chi connectivity index (χ0) is 5.11. The second-order valence-electron chi connectivity index (χ2n) is 2.11. The van der Waals surface area contributed by atoms with Crippen LogP contribution in [0.1, 0.15) is 12.8 Å². The summed E-state index contributed by atoms with van der Waals surface area (Å²) in [6, 6.07) is 0.425. The Hall–Kier alpha value is 0.608. The normalized spacial score (nSPS) is 28.9. The first-order valence-electron chi connectivity index (χ1n) is 2.86. The van der Waals surface area contributed by atoms with Gasteiger partial charge in [-0.15, -0.1) is 0 Å². The molecule has 1 aliphatic rings. The van der Waals surface area contributed by atoms with Crippen LogP contribution in [0.2, 0.25) is 0 Å². The van der Waals surface area contributed by atoms with E-state index in [1.807, 2.05) is 0 Å². The van der Waals surface area contributed by atoms with Gasteiger partial charge in [-0.25, -0.2) is 0 Å². The first-order chi connectivity index (χ1) is 3.39. The van der Waals surface area contributed by atoms with E-state index in [0.29, 0.717) is 6.04 Å². The Bertz CT molecular complexity index is 52.4. The average Bonchev–Trinajstić information content (AvgIpc) is 1.69. The fourth-order valence-corrected chi connectivity index (χ4v) is 0.879. The Morgan fingerprint density at radius 2 is 2.25 bits per heavy atom. The van der Waals surface area contributed by atoms with Gasteiger partial charge in [0.25, 0.3) is 0 Å². The predicted molar refractivity (Wildman–Crippen MR) is 30.1 cm³/mol. The monoisotopic (exact) mass is 295 g/mol. The van der Waals surface area contributed by atoms with Crippen molar-refractivity contribution in [3.8, 4) is 0 Å². The zero-order valence-corrected chi connectivity index (χ0v) is 7.07. The molecule has 3 heteroatoms. The molecule has 0 aliphatic carbocycles. The predicted octanol–water partition coefficient (Wildman–Crippen LogP) is -0.305. The Morgan fingerprint density at radius 3 is 2.50 bits per heavy atom. The summed E-state index contributed by atoms with van der Waals surface area (Å²) in [6.07, 6.45) is 2.45. The molecule has 0 radical (unpaired) electrons. The van der Waals surface area contributed by atoms with Gasteiger partial charge in [0.05, 0.1) is 0 Å². The first kappa shape index (κ1) is 8.61. The van der Waals surface area contributed by atoms with Crippen LogP contribution in [0, 0.1) is 0 Å². The summed E-state index contributed by atoms with van der Waals surface area (Å²) in [4.78, 5) is 0. The molecule has 1 heterocycles. The number of hydrogen-bond acceptors (Lipinski definition) is 2. The van der Waals surface area contributed by atoms with Crippen molar-refractivity contribution < 1.29 is 21.1 Å². The average molecular weight is 295 g/mol. The van der Waals surface area contributed by atoms with Gasteiger partial charge in [0.1, 0.15) is 0 Å². The van der Waals surface area contributed by atoms with Gasteiger partial charge in [0.15, 0.2) is 0 Å². The van der Waals surface area contributed by atoms with Crippen LogP contribution in [0.15, 0.2) is 0 Å². The second-order valence-corrected chi connectivity index (χ2v) is 2.11. The Labute approximate surface area is 64.5 Å². The molecule has 1 unspecified atom stereocenters. The van der Waals surface area contributed by atoms with Crippen molar-refractivity contribution in [2.75, 3.05) is 13.1 Å². The maximum absolute atomic E-state index is 5.57. The third-order valence-corrected chi connectivity index (χ3v) is 1.33. The van der Waals surface area contributed by atoms with Gasteiger partial charge < -0.3 is 11.1 Å². The molecule has 0 bridgehead atoms. The van der Waals surface area contributed by atoms with Crippen molar-refractivity contribution in [1.82, 2.24) is 5.32 Å². The van der Waals surface area contributed by atoms with Crippen molar-refractivity contribution in [2.24, 2.45) is 5.73 Å². The molecular weight excluding hydrogens is 283 g/mol. The molecule has 0 saturated carbocycles. The minimum Gasteiger partial charge on any atom is -0.327 e. The Kier molecular flexibility index (Phi) is 4.82. The van der Waals surface area contributed by atoms with Gasteiger partial charge in [-0.05, 0) is 19.4 Å². The fraction of sp³-hybridized carbons (Fsp3) is 1.00. The van der Waals surface area contributed by atoms with Crippen LogP contribution in [-0.4, -0.2) is 19.1 Å². The molecule has 0 spiro atoms.